The minimum atomic E-state index is -0.515. The van der Waals surface area contributed by atoms with Crippen molar-refractivity contribution in [3.8, 4) is 11.3 Å². The predicted octanol–water partition coefficient (Wildman–Crippen LogP) is 3.59. The van der Waals surface area contributed by atoms with Gasteiger partial charge in [0.05, 0.1) is 30.0 Å². The molecule has 0 atom stereocenters. The average Bonchev–Trinajstić information content (AvgIpc) is 2.80. The van der Waals surface area contributed by atoms with E-state index in [1.165, 1.54) is 6.07 Å². The van der Waals surface area contributed by atoms with Gasteiger partial charge in [0.15, 0.2) is 0 Å². The fourth-order valence-electron chi connectivity index (χ4n) is 3.76. The number of ether oxygens (including phenoxy) is 1. The number of nitrogens with one attached hydrogen (secondary N) is 2. The van der Waals surface area contributed by atoms with Crippen LogP contribution >= 0.6 is 12.4 Å². The number of hydrogen-bond acceptors (Lipinski definition) is 5. The Labute approximate surface area is 191 Å². The number of aromatic amines is 1. The van der Waals surface area contributed by atoms with Crippen LogP contribution in [-0.2, 0) is 9.53 Å². The van der Waals surface area contributed by atoms with Gasteiger partial charge in [-0.05, 0) is 43.7 Å². The number of anilines is 1. The maximum Gasteiger partial charge on any atom is 0.272 e. The zero-order chi connectivity index (χ0) is 21.6. The van der Waals surface area contributed by atoms with Crippen LogP contribution < -0.4 is 10.9 Å². The van der Waals surface area contributed by atoms with E-state index >= 15 is 0 Å². The molecule has 7 nitrogen and oxygen atoms in total. The topological polar surface area (TPSA) is 87.3 Å². The Morgan fingerprint density at radius 3 is 2.66 bits per heavy atom. The number of amides is 1. The van der Waals surface area contributed by atoms with Crippen molar-refractivity contribution in [2.24, 2.45) is 0 Å². The molecule has 1 amide bonds. The second-order valence-corrected chi connectivity index (χ2v) is 7.60. The molecule has 1 aliphatic rings. The first-order valence-corrected chi connectivity index (χ1v) is 10.5. The largest absolute Gasteiger partial charge is 0.379 e. The highest BCUT2D eigenvalue weighted by atomic mass is 35.5. The SMILES string of the molecule is Cl.O=C(CCCCN1CCOCC1)Nc1cc(-c2n[nH]c(=O)c3ccccc23)ccc1F. The van der Waals surface area contributed by atoms with Crippen molar-refractivity contribution < 1.29 is 13.9 Å². The molecule has 0 radical (unpaired) electrons. The Kier molecular flexibility index (Phi) is 8.33. The molecular formula is C23H26ClFN4O3. The highest BCUT2D eigenvalue weighted by Gasteiger charge is 2.14. The Balaban J connectivity index is 0.00000289. The standard InChI is InChI=1S/C23H25FN4O3.ClH/c24-19-9-8-16(22-17-5-1-2-6-18(17)23(30)27-26-22)15-20(19)25-21(29)7-3-4-10-28-11-13-31-14-12-28;/h1-2,5-6,8-9,15H,3-4,7,10-14H2,(H,25,29)(H,27,30);1H. The van der Waals surface area contributed by atoms with Crippen molar-refractivity contribution in [2.75, 3.05) is 38.2 Å². The second kappa shape index (κ2) is 11.2. The highest BCUT2D eigenvalue weighted by Crippen LogP contribution is 2.28. The summed E-state index contributed by atoms with van der Waals surface area (Å²) in [5, 5.41) is 10.5. The number of halogens is 2. The molecule has 0 spiro atoms. The lowest BCUT2D eigenvalue weighted by molar-refractivity contribution is -0.116. The van der Waals surface area contributed by atoms with Gasteiger partial charge in [0.25, 0.3) is 5.56 Å². The zero-order valence-corrected chi connectivity index (χ0v) is 18.4. The van der Waals surface area contributed by atoms with Gasteiger partial charge in [-0.2, -0.15) is 5.10 Å². The monoisotopic (exact) mass is 460 g/mol. The average molecular weight is 461 g/mol. The van der Waals surface area contributed by atoms with Gasteiger partial charge in [0, 0.05) is 30.5 Å². The summed E-state index contributed by atoms with van der Waals surface area (Å²) >= 11 is 0. The number of aromatic nitrogens is 2. The molecule has 170 valence electrons. The smallest absolute Gasteiger partial charge is 0.272 e. The first-order valence-electron chi connectivity index (χ1n) is 10.5. The van der Waals surface area contributed by atoms with Crippen LogP contribution in [0.4, 0.5) is 10.1 Å². The molecule has 3 aromatic rings. The molecule has 2 heterocycles. The second-order valence-electron chi connectivity index (χ2n) is 7.60. The number of rotatable bonds is 7. The lowest BCUT2D eigenvalue weighted by atomic mass is 10.0. The van der Waals surface area contributed by atoms with Crippen molar-refractivity contribution in [3.05, 3.63) is 58.6 Å². The van der Waals surface area contributed by atoms with Crippen molar-refractivity contribution in [1.29, 1.82) is 0 Å². The van der Waals surface area contributed by atoms with E-state index in [0.717, 1.165) is 45.7 Å². The van der Waals surface area contributed by atoms with Gasteiger partial charge < -0.3 is 10.1 Å². The summed E-state index contributed by atoms with van der Waals surface area (Å²) in [6.07, 6.45) is 1.97. The fraction of sp³-hybridized carbons (Fsp3) is 0.348. The maximum atomic E-state index is 14.3. The number of H-pyrrole nitrogens is 1. The van der Waals surface area contributed by atoms with E-state index in [4.69, 9.17) is 4.74 Å². The minimum absolute atomic E-state index is 0. The number of fused-ring (bicyclic) bond motifs is 1. The first kappa shape index (κ1) is 23.8. The Morgan fingerprint density at radius 2 is 1.88 bits per heavy atom. The number of morpholine rings is 1. The molecule has 2 N–H and O–H groups in total. The zero-order valence-electron chi connectivity index (χ0n) is 17.6. The lowest BCUT2D eigenvalue weighted by Crippen LogP contribution is -2.36. The third-order valence-corrected chi connectivity index (χ3v) is 5.44. The summed E-state index contributed by atoms with van der Waals surface area (Å²) in [5.74, 6) is -0.739. The van der Waals surface area contributed by atoms with Crippen LogP contribution in [0, 0.1) is 5.82 Å². The number of carbonyl (C=O) groups is 1. The van der Waals surface area contributed by atoms with Crippen molar-refractivity contribution in [3.63, 3.8) is 0 Å². The third-order valence-electron chi connectivity index (χ3n) is 5.44. The molecule has 1 fully saturated rings. The third kappa shape index (κ3) is 5.70. The quantitative estimate of drug-likeness (QED) is 0.526. The first-order chi connectivity index (χ1) is 15.1. The van der Waals surface area contributed by atoms with Crippen LogP contribution in [0.5, 0.6) is 0 Å². The summed E-state index contributed by atoms with van der Waals surface area (Å²) in [6.45, 7) is 4.31. The van der Waals surface area contributed by atoms with Crippen LogP contribution in [0.25, 0.3) is 22.0 Å². The summed E-state index contributed by atoms with van der Waals surface area (Å²) < 4.78 is 19.7. The number of hydrogen-bond donors (Lipinski definition) is 2. The van der Waals surface area contributed by atoms with Crippen molar-refractivity contribution in [2.45, 2.75) is 19.3 Å². The molecule has 0 bridgehead atoms. The molecular weight excluding hydrogens is 435 g/mol. The van der Waals surface area contributed by atoms with Crippen molar-refractivity contribution in [1.82, 2.24) is 15.1 Å². The number of carbonyl (C=O) groups excluding carboxylic acids is 1. The Bertz CT molecular complexity index is 1130. The molecule has 1 aliphatic heterocycles. The van der Waals surface area contributed by atoms with Gasteiger partial charge in [0.2, 0.25) is 5.91 Å². The van der Waals surface area contributed by atoms with E-state index in [1.54, 1.807) is 30.3 Å². The fourth-order valence-corrected chi connectivity index (χ4v) is 3.76. The molecule has 0 saturated carbocycles. The highest BCUT2D eigenvalue weighted by molar-refractivity contribution is 5.95. The Morgan fingerprint density at radius 1 is 1.12 bits per heavy atom. The molecule has 1 aromatic heterocycles. The summed E-state index contributed by atoms with van der Waals surface area (Å²) in [4.78, 5) is 26.7. The number of benzene rings is 2. The summed E-state index contributed by atoms with van der Waals surface area (Å²) in [7, 11) is 0. The maximum absolute atomic E-state index is 14.3. The van der Waals surface area contributed by atoms with Gasteiger partial charge in [-0.1, -0.05) is 18.2 Å². The van der Waals surface area contributed by atoms with Gasteiger partial charge >= 0.3 is 0 Å². The molecule has 1 saturated heterocycles. The van der Waals surface area contributed by atoms with Crippen LogP contribution in [0.15, 0.2) is 47.3 Å². The van der Waals surface area contributed by atoms with Crippen LogP contribution in [0.2, 0.25) is 0 Å². The van der Waals surface area contributed by atoms with Crippen molar-refractivity contribution >= 4 is 34.8 Å². The van der Waals surface area contributed by atoms with E-state index in [2.05, 4.69) is 20.4 Å². The van der Waals surface area contributed by atoms with E-state index in [9.17, 15) is 14.0 Å². The van der Waals surface area contributed by atoms with E-state index in [0.29, 0.717) is 28.5 Å². The molecule has 32 heavy (non-hydrogen) atoms. The van der Waals surface area contributed by atoms with Crippen LogP contribution in [0.3, 0.4) is 0 Å². The number of unbranched alkanes of at least 4 members (excludes halogenated alkanes) is 1. The van der Waals surface area contributed by atoms with E-state index in [-0.39, 0.29) is 29.6 Å². The lowest BCUT2D eigenvalue weighted by Gasteiger charge is -2.26. The molecule has 0 aliphatic carbocycles. The Hall–Kier alpha value is -2.81. The summed E-state index contributed by atoms with van der Waals surface area (Å²) in [5.41, 5.74) is 0.951. The molecule has 0 unspecified atom stereocenters. The van der Waals surface area contributed by atoms with Gasteiger partial charge in [-0.15, -0.1) is 12.4 Å². The molecule has 2 aromatic carbocycles. The van der Waals surface area contributed by atoms with Crippen LogP contribution in [-0.4, -0.2) is 53.9 Å². The van der Waals surface area contributed by atoms with Gasteiger partial charge in [0.1, 0.15) is 5.82 Å². The number of nitrogens with zero attached hydrogens (tertiary/aromatic N) is 2. The van der Waals surface area contributed by atoms with Gasteiger partial charge in [-0.3, -0.25) is 14.5 Å². The molecule has 9 heteroatoms. The predicted molar refractivity (Wildman–Crippen MR) is 125 cm³/mol. The van der Waals surface area contributed by atoms with E-state index in [1.807, 2.05) is 6.07 Å². The minimum Gasteiger partial charge on any atom is -0.379 e. The summed E-state index contributed by atoms with van der Waals surface area (Å²) in [6, 6.07) is 11.5. The normalized spacial score (nSPS) is 14.2. The van der Waals surface area contributed by atoms with E-state index < -0.39 is 5.82 Å². The molecule has 4 rings (SSSR count). The van der Waals surface area contributed by atoms with Crippen LogP contribution in [0.1, 0.15) is 19.3 Å². The van der Waals surface area contributed by atoms with Gasteiger partial charge in [-0.25, -0.2) is 9.49 Å².